The molecule has 0 fully saturated rings. The summed E-state index contributed by atoms with van der Waals surface area (Å²) in [5, 5.41) is 3.56. The van der Waals surface area contributed by atoms with Gasteiger partial charge in [-0.15, -0.1) is 0 Å². The Morgan fingerprint density at radius 2 is 1.83 bits per heavy atom. The van der Waals surface area contributed by atoms with Gasteiger partial charge in [-0.3, -0.25) is 4.98 Å². The highest BCUT2D eigenvalue weighted by molar-refractivity contribution is 5.33. The van der Waals surface area contributed by atoms with Crippen LogP contribution in [0.1, 0.15) is 35.2 Å². The first kappa shape index (κ1) is 12.8. The van der Waals surface area contributed by atoms with E-state index in [9.17, 15) is 0 Å². The minimum Gasteiger partial charge on any atom is -0.306 e. The smallest absolute Gasteiger partial charge is 0.0315 e. The zero-order chi connectivity index (χ0) is 13.0. The van der Waals surface area contributed by atoms with Gasteiger partial charge < -0.3 is 5.32 Å². The van der Waals surface area contributed by atoms with Crippen molar-refractivity contribution in [3.63, 3.8) is 0 Å². The maximum absolute atomic E-state index is 4.16. The summed E-state index contributed by atoms with van der Waals surface area (Å²) in [6, 6.07) is 10.8. The van der Waals surface area contributed by atoms with Crippen molar-refractivity contribution in [2.45, 2.75) is 33.4 Å². The van der Waals surface area contributed by atoms with Gasteiger partial charge in [-0.25, -0.2) is 0 Å². The van der Waals surface area contributed by atoms with Crippen molar-refractivity contribution in [3.05, 3.63) is 65.0 Å². The van der Waals surface area contributed by atoms with Crippen LogP contribution in [0.4, 0.5) is 0 Å². The van der Waals surface area contributed by atoms with Crippen LogP contribution < -0.4 is 5.32 Å². The van der Waals surface area contributed by atoms with Crippen LogP contribution in [0.2, 0.25) is 0 Å². The number of nitrogens with one attached hydrogen (secondary N) is 1. The molecule has 1 aromatic carbocycles. The molecule has 0 saturated carbocycles. The van der Waals surface area contributed by atoms with E-state index < -0.39 is 0 Å². The Balaban J connectivity index is 2.04. The molecule has 94 valence electrons. The zero-order valence-electron chi connectivity index (χ0n) is 11.3. The summed E-state index contributed by atoms with van der Waals surface area (Å²) < 4.78 is 0. The summed E-state index contributed by atoms with van der Waals surface area (Å²) in [7, 11) is 0. The molecule has 18 heavy (non-hydrogen) atoms. The largest absolute Gasteiger partial charge is 0.306 e. The molecule has 0 aliphatic rings. The van der Waals surface area contributed by atoms with Gasteiger partial charge in [0.15, 0.2) is 0 Å². The van der Waals surface area contributed by atoms with Gasteiger partial charge in [-0.05, 0) is 49.1 Å². The summed E-state index contributed by atoms with van der Waals surface area (Å²) in [5.41, 5.74) is 5.32. The van der Waals surface area contributed by atoms with Crippen LogP contribution in [0.5, 0.6) is 0 Å². The molecule has 0 amide bonds. The third-order valence-corrected chi connectivity index (χ3v) is 3.41. The Morgan fingerprint density at radius 1 is 1.11 bits per heavy atom. The minimum absolute atomic E-state index is 0.317. The van der Waals surface area contributed by atoms with Crippen LogP contribution in [0.3, 0.4) is 0 Å². The summed E-state index contributed by atoms with van der Waals surface area (Å²) in [4.78, 5) is 4.16. The number of pyridine rings is 1. The molecule has 2 aromatic rings. The molecule has 0 radical (unpaired) electrons. The Morgan fingerprint density at radius 3 is 2.44 bits per heavy atom. The highest BCUT2D eigenvalue weighted by Crippen LogP contribution is 2.16. The van der Waals surface area contributed by atoms with Gasteiger partial charge in [0.25, 0.3) is 0 Å². The maximum Gasteiger partial charge on any atom is 0.0315 e. The number of aromatic nitrogens is 1. The first-order chi connectivity index (χ1) is 8.68. The summed E-state index contributed by atoms with van der Waals surface area (Å²) in [6.07, 6.45) is 3.73. The lowest BCUT2D eigenvalue weighted by Crippen LogP contribution is -2.19. The maximum atomic E-state index is 4.16. The zero-order valence-corrected chi connectivity index (χ0v) is 11.3. The lowest BCUT2D eigenvalue weighted by Gasteiger charge is -2.16. The number of nitrogens with zero attached hydrogens (tertiary/aromatic N) is 1. The number of aryl methyl sites for hydroxylation is 2. The van der Waals surface area contributed by atoms with Gasteiger partial charge in [0, 0.05) is 25.0 Å². The second-order valence-electron chi connectivity index (χ2n) is 4.76. The van der Waals surface area contributed by atoms with Gasteiger partial charge in [-0.1, -0.05) is 24.3 Å². The Bertz CT molecular complexity index is 486. The molecule has 2 rings (SSSR count). The van der Waals surface area contributed by atoms with Crippen LogP contribution in [0.25, 0.3) is 0 Å². The van der Waals surface area contributed by atoms with Crippen molar-refractivity contribution < 1.29 is 0 Å². The number of hydrogen-bond acceptors (Lipinski definition) is 2. The Hall–Kier alpha value is -1.67. The molecule has 0 unspecified atom stereocenters. The van der Waals surface area contributed by atoms with E-state index in [0.717, 1.165) is 6.54 Å². The monoisotopic (exact) mass is 240 g/mol. The van der Waals surface area contributed by atoms with E-state index in [-0.39, 0.29) is 0 Å². The molecule has 0 bridgehead atoms. The van der Waals surface area contributed by atoms with Gasteiger partial charge in [-0.2, -0.15) is 0 Å². The highest BCUT2D eigenvalue weighted by Gasteiger charge is 2.07. The van der Waals surface area contributed by atoms with E-state index in [1.807, 2.05) is 18.5 Å². The summed E-state index contributed by atoms with van der Waals surface area (Å²) in [6.45, 7) is 7.40. The van der Waals surface area contributed by atoms with Crippen LogP contribution in [-0.4, -0.2) is 4.98 Å². The average molecular weight is 240 g/mol. The van der Waals surface area contributed by atoms with Gasteiger partial charge in [0.2, 0.25) is 0 Å². The van der Waals surface area contributed by atoms with Gasteiger partial charge >= 0.3 is 0 Å². The SMILES string of the molecule is Cc1cccc(C)c1CN[C@@H](C)c1cccnc1. The predicted octanol–water partition coefficient (Wildman–Crippen LogP) is 3.55. The number of rotatable bonds is 4. The molecule has 0 saturated heterocycles. The van der Waals surface area contributed by atoms with E-state index in [1.54, 1.807) is 0 Å². The molecule has 2 heteroatoms. The van der Waals surface area contributed by atoms with E-state index in [4.69, 9.17) is 0 Å². The first-order valence-corrected chi connectivity index (χ1v) is 6.37. The molecule has 2 nitrogen and oxygen atoms in total. The predicted molar refractivity (Wildman–Crippen MR) is 75.4 cm³/mol. The lowest BCUT2D eigenvalue weighted by atomic mass is 10.0. The normalized spacial score (nSPS) is 12.4. The fraction of sp³-hybridized carbons (Fsp3) is 0.312. The van der Waals surface area contributed by atoms with Gasteiger partial charge in [0.1, 0.15) is 0 Å². The van der Waals surface area contributed by atoms with Crippen LogP contribution >= 0.6 is 0 Å². The quantitative estimate of drug-likeness (QED) is 0.884. The number of hydrogen-bond donors (Lipinski definition) is 1. The van der Waals surface area contributed by atoms with Crippen molar-refractivity contribution in [2.24, 2.45) is 0 Å². The average Bonchev–Trinajstić information content (AvgIpc) is 2.39. The van der Waals surface area contributed by atoms with Gasteiger partial charge in [0.05, 0.1) is 0 Å². The second-order valence-corrected chi connectivity index (χ2v) is 4.76. The molecule has 0 aliphatic heterocycles. The number of benzene rings is 1. The molecule has 0 aliphatic carbocycles. The third-order valence-electron chi connectivity index (χ3n) is 3.41. The van der Waals surface area contributed by atoms with E-state index in [1.165, 1.54) is 22.3 Å². The highest BCUT2D eigenvalue weighted by atomic mass is 14.9. The van der Waals surface area contributed by atoms with Crippen molar-refractivity contribution in [3.8, 4) is 0 Å². The molecule has 0 spiro atoms. The molecular weight excluding hydrogens is 220 g/mol. The van der Waals surface area contributed by atoms with E-state index >= 15 is 0 Å². The third kappa shape index (κ3) is 2.96. The topological polar surface area (TPSA) is 24.9 Å². The Labute approximate surface area is 109 Å². The van der Waals surface area contributed by atoms with Crippen molar-refractivity contribution >= 4 is 0 Å². The fourth-order valence-corrected chi connectivity index (χ4v) is 2.13. The van der Waals surface area contributed by atoms with E-state index in [0.29, 0.717) is 6.04 Å². The van der Waals surface area contributed by atoms with Crippen LogP contribution in [-0.2, 0) is 6.54 Å². The molecule has 1 atom stereocenters. The molecular formula is C16H20N2. The molecule has 1 N–H and O–H groups in total. The van der Waals surface area contributed by atoms with Crippen LogP contribution in [0, 0.1) is 13.8 Å². The van der Waals surface area contributed by atoms with Crippen molar-refractivity contribution in [2.75, 3.05) is 0 Å². The first-order valence-electron chi connectivity index (χ1n) is 6.37. The minimum atomic E-state index is 0.317. The fourth-order valence-electron chi connectivity index (χ4n) is 2.13. The second kappa shape index (κ2) is 5.78. The lowest BCUT2D eigenvalue weighted by molar-refractivity contribution is 0.570. The van der Waals surface area contributed by atoms with E-state index in [2.05, 4.69) is 55.3 Å². The summed E-state index contributed by atoms with van der Waals surface area (Å²) in [5.74, 6) is 0. The standard InChI is InChI=1S/C16H20N2/c1-12-6-4-7-13(2)16(12)11-18-14(3)15-8-5-9-17-10-15/h4-10,14,18H,11H2,1-3H3/t14-/m0/s1. The molecule has 1 aromatic heterocycles. The molecule has 1 heterocycles. The van der Waals surface area contributed by atoms with Crippen molar-refractivity contribution in [1.82, 2.24) is 10.3 Å². The Kier molecular flexibility index (Phi) is 4.11. The summed E-state index contributed by atoms with van der Waals surface area (Å²) >= 11 is 0. The van der Waals surface area contributed by atoms with Crippen LogP contribution in [0.15, 0.2) is 42.7 Å². The van der Waals surface area contributed by atoms with Crippen molar-refractivity contribution in [1.29, 1.82) is 0 Å².